The molecule has 1 aliphatic rings. The Bertz CT molecular complexity index is 696. The number of amides is 1. The van der Waals surface area contributed by atoms with Crippen LogP contribution in [0.2, 0.25) is 0 Å². The van der Waals surface area contributed by atoms with Crippen molar-refractivity contribution in [2.75, 3.05) is 18.1 Å². The Labute approximate surface area is 126 Å². The number of anilines is 1. The number of thiazole rings is 1. The topological polar surface area (TPSA) is 59.5 Å². The first kappa shape index (κ1) is 13.8. The van der Waals surface area contributed by atoms with Crippen molar-refractivity contribution >= 4 is 29.4 Å². The molecule has 3 rings (SSSR count). The van der Waals surface area contributed by atoms with E-state index in [0.717, 1.165) is 34.7 Å². The molecule has 1 aliphatic heterocycles. The number of hydrogen-bond donors (Lipinski definition) is 0. The maximum absolute atomic E-state index is 11.6. The highest BCUT2D eigenvalue weighted by molar-refractivity contribution is 7.13. The minimum Gasteiger partial charge on any atom is -0.461 e. The second-order valence-corrected chi connectivity index (χ2v) is 5.51. The summed E-state index contributed by atoms with van der Waals surface area (Å²) in [5, 5.41) is 2.44. The van der Waals surface area contributed by atoms with E-state index in [9.17, 15) is 9.59 Å². The second kappa shape index (κ2) is 5.65. The Morgan fingerprint density at radius 3 is 3.14 bits per heavy atom. The predicted molar refractivity (Wildman–Crippen MR) is 80.6 cm³/mol. The predicted octanol–water partition coefficient (Wildman–Crippen LogP) is 2.51. The van der Waals surface area contributed by atoms with E-state index >= 15 is 0 Å². The molecule has 0 bridgehead atoms. The smallest absolute Gasteiger partial charge is 0.357 e. The largest absolute Gasteiger partial charge is 0.461 e. The number of hydrogen-bond acceptors (Lipinski definition) is 5. The Kier molecular flexibility index (Phi) is 3.70. The SMILES string of the molecule is CCOC(=O)c1csc(-c2ccc3c(c2)N(C=O)CC3)n1. The molecule has 1 aromatic carbocycles. The molecule has 0 saturated carbocycles. The minimum atomic E-state index is -0.407. The Morgan fingerprint density at radius 1 is 1.52 bits per heavy atom. The molecule has 0 radical (unpaired) electrons. The van der Waals surface area contributed by atoms with Gasteiger partial charge in [0.15, 0.2) is 5.69 Å². The molecular weight excluding hydrogens is 288 g/mol. The standard InChI is InChI=1S/C15H14N2O3S/c1-2-20-15(19)12-8-21-14(16-12)11-4-3-10-5-6-17(9-18)13(10)7-11/h3-4,7-9H,2,5-6H2,1H3. The summed E-state index contributed by atoms with van der Waals surface area (Å²) in [4.78, 5) is 28.7. The fourth-order valence-corrected chi connectivity index (χ4v) is 3.14. The van der Waals surface area contributed by atoms with Crippen LogP contribution in [0.4, 0.5) is 5.69 Å². The van der Waals surface area contributed by atoms with Crippen molar-refractivity contribution < 1.29 is 14.3 Å². The molecule has 0 spiro atoms. The molecule has 0 atom stereocenters. The van der Waals surface area contributed by atoms with E-state index in [2.05, 4.69) is 4.98 Å². The molecule has 2 heterocycles. The van der Waals surface area contributed by atoms with Gasteiger partial charge in [-0.2, -0.15) is 0 Å². The molecule has 6 heteroatoms. The van der Waals surface area contributed by atoms with Crippen LogP contribution in [-0.4, -0.2) is 30.5 Å². The number of benzene rings is 1. The van der Waals surface area contributed by atoms with Crippen molar-refractivity contribution in [1.29, 1.82) is 0 Å². The molecule has 2 aromatic rings. The summed E-state index contributed by atoms with van der Waals surface area (Å²) in [6.07, 6.45) is 1.72. The van der Waals surface area contributed by atoms with Crippen molar-refractivity contribution in [3.63, 3.8) is 0 Å². The van der Waals surface area contributed by atoms with E-state index in [0.29, 0.717) is 18.8 Å². The van der Waals surface area contributed by atoms with Gasteiger partial charge in [0.05, 0.1) is 6.61 Å². The first-order valence-corrected chi connectivity index (χ1v) is 7.58. The van der Waals surface area contributed by atoms with Crippen LogP contribution >= 0.6 is 11.3 Å². The summed E-state index contributed by atoms with van der Waals surface area (Å²) in [5.41, 5.74) is 3.32. The third kappa shape index (κ3) is 2.54. The van der Waals surface area contributed by atoms with Crippen LogP contribution in [0.1, 0.15) is 23.0 Å². The number of ether oxygens (including phenoxy) is 1. The molecule has 0 N–H and O–H groups in total. The number of aromatic nitrogens is 1. The van der Waals surface area contributed by atoms with E-state index in [1.54, 1.807) is 17.2 Å². The van der Waals surface area contributed by atoms with Gasteiger partial charge in [-0.15, -0.1) is 11.3 Å². The van der Waals surface area contributed by atoms with E-state index in [-0.39, 0.29) is 0 Å². The number of fused-ring (bicyclic) bond motifs is 1. The third-order valence-electron chi connectivity index (χ3n) is 3.38. The third-order valence-corrected chi connectivity index (χ3v) is 4.27. The van der Waals surface area contributed by atoms with Crippen LogP contribution in [0, 0.1) is 0 Å². The summed E-state index contributed by atoms with van der Waals surface area (Å²) in [7, 11) is 0. The molecule has 0 unspecified atom stereocenters. The quantitative estimate of drug-likeness (QED) is 0.643. The van der Waals surface area contributed by atoms with Gasteiger partial charge in [-0.05, 0) is 25.0 Å². The van der Waals surface area contributed by atoms with Crippen LogP contribution in [-0.2, 0) is 16.0 Å². The zero-order valence-corrected chi connectivity index (χ0v) is 12.4. The van der Waals surface area contributed by atoms with Crippen molar-refractivity contribution in [3.05, 3.63) is 34.8 Å². The normalized spacial score (nSPS) is 13.1. The average molecular weight is 302 g/mol. The number of carbonyl (C=O) groups excluding carboxylic acids is 2. The van der Waals surface area contributed by atoms with Crippen LogP contribution in [0.3, 0.4) is 0 Å². The van der Waals surface area contributed by atoms with Gasteiger partial charge in [0.1, 0.15) is 5.01 Å². The number of carbonyl (C=O) groups is 2. The van der Waals surface area contributed by atoms with Crippen molar-refractivity contribution in [2.24, 2.45) is 0 Å². The van der Waals surface area contributed by atoms with Crippen molar-refractivity contribution in [2.45, 2.75) is 13.3 Å². The zero-order valence-electron chi connectivity index (χ0n) is 11.5. The second-order valence-electron chi connectivity index (χ2n) is 4.65. The molecule has 21 heavy (non-hydrogen) atoms. The molecule has 1 amide bonds. The fraction of sp³-hybridized carbons (Fsp3) is 0.267. The van der Waals surface area contributed by atoms with Crippen LogP contribution in [0.5, 0.6) is 0 Å². The lowest BCUT2D eigenvalue weighted by Crippen LogP contribution is -2.17. The molecule has 1 aromatic heterocycles. The maximum Gasteiger partial charge on any atom is 0.357 e. The van der Waals surface area contributed by atoms with E-state index in [4.69, 9.17) is 4.74 Å². The van der Waals surface area contributed by atoms with Crippen LogP contribution < -0.4 is 4.90 Å². The van der Waals surface area contributed by atoms with Crippen LogP contribution in [0.25, 0.3) is 10.6 Å². The van der Waals surface area contributed by atoms with E-state index in [1.807, 2.05) is 18.2 Å². The first-order chi connectivity index (χ1) is 10.2. The van der Waals surface area contributed by atoms with Gasteiger partial charge in [0.25, 0.3) is 0 Å². The summed E-state index contributed by atoms with van der Waals surface area (Å²) in [6.45, 7) is 2.81. The van der Waals surface area contributed by atoms with Crippen molar-refractivity contribution in [1.82, 2.24) is 4.98 Å². The van der Waals surface area contributed by atoms with Gasteiger partial charge in [0, 0.05) is 23.2 Å². The Hall–Kier alpha value is -2.21. The monoisotopic (exact) mass is 302 g/mol. The van der Waals surface area contributed by atoms with Crippen molar-refractivity contribution in [3.8, 4) is 10.6 Å². The molecule has 0 fully saturated rings. The Balaban J connectivity index is 1.91. The van der Waals surface area contributed by atoms with Gasteiger partial charge < -0.3 is 9.64 Å². The van der Waals surface area contributed by atoms with Crippen LogP contribution in [0.15, 0.2) is 23.6 Å². The molecule has 0 saturated heterocycles. The Morgan fingerprint density at radius 2 is 2.38 bits per heavy atom. The van der Waals surface area contributed by atoms with Gasteiger partial charge in [-0.25, -0.2) is 9.78 Å². The highest BCUT2D eigenvalue weighted by atomic mass is 32.1. The maximum atomic E-state index is 11.6. The molecule has 5 nitrogen and oxygen atoms in total. The van der Waals surface area contributed by atoms with E-state index < -0.39 is 5.97 Å². The zero-order chi connectivity index (χ0) is 14.8. The summed E-state index contributed by atoms with van der Waals surface area (Å²) >= 11 is 1.39. The highest BCUT2D eigenvalue weighted by Gasteiger charge is 2.20. The van der Waals surface area contributed by atoms with E-state index in [1.165, 1.54) is 11.3 Å². The number of esters is 1. The molecule has 108 valence electrons. The minimum absolute atomic E-state index is 0.324. The summed E-state index contributed by atoms with van der Waals surface area (Å²) in [5.74, 6) is -0.407. The first-order valence-electron chi connectivity index (χ1n) is 6.71. The number of rotatable bonds is 4. The lowest BCUT2D eigenvalue weighted by molar-refractivity contribution is -0.107. The highest BCUT2D eigenvalue weighted by Crippen LogP contribution is 2.33. The fourth-order valence-electron chi connectivity index (χ4n) is 2.35. The molecular formula is C15H14N2O3S. The number of nitrogens with zero attached hydrogens (tertiary/aromatic N) is 2. The lowest BCUT2D eigenvalue weighted by Gasteiger charge is -2.10. The van der Waals surface area contributed by atoms with Gasteiger partial charge in [0.2, 0.25) is 6.41 Å². The summed E-state index contributed by atoms with van der Waals surface area (Å²) in [6, 6.07) is 5.94. The van der Waals surface area contributed by atoms with Gasteiger partial charge >= 0.3 is 5.97 Å². The lowest BCUT2D eigenvalue weighted by atomic mass is 10.1. The van der Waals surface area contributed by atoms with Gasteiger partial charge in [-0.1, -0.05) is 12.1 Å². The van der Waals surface area contributed by atoms with Gasteiger partial charge in [-0.3, -0.25) is 4.79 Å². The summed E-state index contributed by atoms with van der Waals surface area (Å²) < 4.78 is 4.94. The molecule has 0 aliphatic carbocycles. The average Bonchev–Trinajstić information content (AvgIpc) is 3.13.